The fourth-order valence-electron chi connectivity index (χ4n) is 2.28. The van der Waals surface area contributed by atoms with Gasteiger partial charge in [0, 0.05) is 0 Å². The molecule has 1 atom stereocenters. The van der Waals surface area contributed by atoms with Gasteiger partial charge in [0.25, 0.3) is 0 Å². The van der Waals surface area contributed by atoms with Crippen molar-refractivity contribution in [2.45, 2.75) is 25.6 Å². The number of hydrogen-bond donors (Lipinski definition) is 1. The molecule has 1 amide bonds. The highest BCUT2D eigenvalue weighted by atomic mass is 19.4. The molecule has 2 rings (SSSR count). The zero-order chi connectivity index (χ0) is 21.4. The Balaban J connectivity index is 2.43. The van der Waals surface area contributed by atoms with Crippen LogP contribution in [0.2, 0.25) is 0 Å². The molecular weight excluding hydrogens is 405 g/mol. The minimum Gasteiger partial charge on any atom is -0.319 e. The number of nitrogens with one attached hydrogen (secondary N) is 1. The lowest BCUT2D eigenvalue weighted by Crippen LogP contribution is -2.28. The lowest BCUT2D eigenvalue weighted by molar-refractivity contribution is -0.385. The highest BCUT2D eigenvalue weighted by molar-refractivity contribution is 5.94. The number of amides is 1. The van der Waals surface area contributed by atoms with Crippen LogP contribution in [-0.4, -0.2) is 20.6 Å². The number of alkyl halides is 3. The van der Waals surface area contributed by atoms with E-state index in [1.807, 2.05) is 0 Å². The zero-order valence-electron chi connectivity index (χ0n) is 13.7. The van der Waals surface area contributed by atoms with Crippen LogP contribution in [0, 0.1) is 33.4 Å². The van der Waals surface area contributed by atoms with Crippen molar-refractivity contribution in [3.63, 3.8) is 0 Å². The van der Waals surface area contributed by atoms with Crippen LogP contribution in [-0.2, 0) is 11.0 Å². The van der Waals surface area contributed by atoms with Crippen LogP contribution < -0.4 is 5.32 Å². The van der Waals surface area contributed by atoms with Gasteiger partial charge in [0.2, 0.25) is 5.91 Å². The molecule has 0 fully saturated rings. The lowest BCUT2D eigenvalue weighted by Gasteiger charge is -2.18. The summed E-state index contributed by atoms with van der Waals surface area (Å²) >= 11 is 0. The number of aromatic nitrogens is 2. The predicted molar refractivity (Wildman–Crippen MR) is 78.1 cm³/mol. The van der Waals surface area contributed by atoms with E-state index in [0.29, 0.717) is 0 Å². The number of rotatable bonds is 5. The standard InChI is InChI=1S/C14H9F7N4O3/c1-2-6(24-4-5(3-22-24)25(27)28)13(26)23-12-10(17)8(15)7(14(19,20)21)9(16)11(12)18/h3-4,6H,2H2,1H3,(H,23,26). The van der Waals surface area contributed by atoms with Gasteiger partial charge in [0.1, 0.15) is 29.7 Å². The minimum absolute atomic E-state index is 0.139. The van der Waals surface area contributed by atoms with Gasteiger partial charge in [-0.3, -0.25) is 19.6 Å². The van der Waals surface area contributed by atoms with E-state index in [2.05, 4.69) is 5.10 Å². The van der Waals surface area contributed by atoms with Crippen LogP contribution in [0.25, 0.3) is 0 Å². The van der Waals surface area contributed by atoms with Gasteiger partial charge in [0.15, 0.2) is 23.3 Å². The Labute approximate surface area is 150 Å². The molecule has 0 radical (unpaired) electrons. The van der Waals surface area contributed by atoms with E-state index in [1.165, 1.54) is 12.2 Å². The summed E-state index contributed by atoms with van der Waals surface area (Å²) in [7, 11) is 0. The third kappa shape index (κ3) is 3.75. The molecule has 28 heavy (non-hydrogen) atoms. The largest absolute Gasteiger partial charge is 0.422 e. The highest BCUT2D eigenvalue weighted by Gasteiger charge is 2.42. The molecule has 0 aliphatic heterocycles. The number of nitrogens with zero attached hydrogens (tertiary/aromatic N) is 3. The first-order valence-electron chi connectivity index (χ1n) is 7.32. The van der Waals surface area contributed by atoms with Crippen LogP contribution in [0.4, 0.5) is 42.1 Å². The third-order valence-electron chi connectivity index (χ3n) is 3.60. The monoisotopic (exact) mass is 414 g/mol. The molecule has 7 nitrogen and oxygen atoms in total. The Morgan fingerprint density at radius 1 is 1.21 bits per heavy atom. The maximum Gasteiger partial charge on any atom is 0.422 e. The maximum absolute atomic E-state index is 13.9. The van der Waals surface area contributed by atoms with Crippen molar-refractivity contribution in [3.8, 4) is 0 Å². The molecule has 0 bridgehead atoms. The highest BCUT2D eigenvalue weighted by Crippen LogP contribution is 2.38. The topological polar surface area (TPSA) is 90.1 Å². The molecule has 1 heterocycles. The average molecular weight is 414 g/mol. The second-order valence-electron chi connectivity index (χ2n) is 5.35. The molecule has 152 valence electrons. The van der Waals surface area contributed by atoms with E-state index < -0.39 is 63.3 Å². The second kappa shape index (κ2) is 7.44. The zero-order valence-corrected chi connectivity index (χ0v) is 13.7. The summed E-state index contributed by atoms with van der Waals surface area (Å²) < 4.78 is 93.4. The summed E-state index contributed by atoms with van der Waals surface area (Å²) in [4.78, 5) is 22.0. The SMILES string of the molecule is CCC(C(=O)Nc1c(F)c(F)c(C(F)(F)F)c(F)c1F)n1cc([N+](=O)[O-])cn1. The van der Waals surface area contributed by atoms with E-state index in [1.54, 1.807) is 0 Å². The number of anilines is 1. The number of carbonyl (C=O) groups is 1. The summed E-state index contributed by atoms with van der Waals surface area (Å²) in [6.07, 6.45) is -4.28. The molecule has 0 aliphatic carbocycles. The summed E-state index contributed by atoms with van der Waals surface area (Å²) in [5.41, 5.74) is -5.07. The maximum atomic E-state index is 13.9. The number of hydrogen-bond acceptors (Lipinski definition) is 4. The Kier molecular flexibility index (Phi) is 5.61. The second-order valence-corrected chi connectivity index (χ2v) is 5.35. The molecular formula is C14H9F7N4O3. The molecule has 1 N–H and O–H groups in total. The summed E-state index contributed by atoms with van der Waals surface area (Å²) in [5.74, 6) is -11.7. The summed E-state index contributed by atoms with van der Waals surface area (Å²) in [6, 6.07) is -1.42. The Morgan fingerprint density at radius 3 is 2.14 bits per heavy atom. The van der Waals surface area contributed by atoms with Crippen molar-refractivity contribution in [1.29, 1.82) is 0 Å². The van der Waals surface area contributed by atoms with Crippen molar-refractivity contribution in [3.05, 3.63) is 51.3 Å². The first kappa shape index (κ1) is 21.1. The number of nitro groups is 1. The lowest BCUT2D eigenvalue weighted by atomic mass is 10.1. The van der Waals surface area contributed by atoms with Gasteiger partial charge >= 0.3 is 11.9 Å². The van der Waals surface area contributed by atoms with Gasteiger partial charge in [-0.05, 0) is 6.42 Å². The average Bonchev–Trinajstić information content (AvgIpc) is 3.06. The Bertz CT molecular complexity index is 913. The van der Waals surface area contributed by atoms with Crippen LogP contribution in [0.15, 0.2) is 12.4 Å². The van der Waals surface area contributed by atoms with Crippen molar-refractivity contribution < 1.29 is 40.5 Å². The van der Waals surface area contributed by atoms with Crippen molar-refractivity contribution in [1.82, 2.24) is 9.78 Å². The molecule has 14 heteroatoms. The quantitative estimate of drug-likeness (QED) is 0.347. The fraction of sp³-hybridized carbons (Fsp3) is 0.286. The minimum atomic E-state index is -5.72. The molecule has 1 unspecified atom stereocenters. The molecule has 1 aromatic carbocycles. The summed E-state index contributed by atoms with van der Waals surface area (Å²) in [5, 5.41) is 15.6. The normalized spacial score (nSPS) is 12.7. The summed E-state index contributed by atoms with van der Waals surface area (Å²) in [6.45, 7) is 1.37. The van der Waals surface area contributed by atoms with Gasteiger partial charge in [0.05, 0.1) is 4.92 Å². The van der Waals surface area contributed by atoms with Crippen LogP contribution in [0.1, 0.15) is 24.9 Å². The van der Waals surface area contributed by atoms with E-state index >= 15 is 0 Å². The van der Waals surface area contributed by atoms with Crippen LogP contribution >= 0.6 is 0 Å². The van der Waals surface area contributed by atoms with Gasteiger partial charge in [-0.1, -0.05) is 6.92 Å². The van der Waals surface area contributed by atoms with Crippen molar-refractivity contribution in [2.24, 2.45) is 0 Å². The molecule has 0 spiro atoms. The van der Waals surface area contributed by atoms with Gasteiger partial charge < -0.3 is 5.32 Å². The number of halogens is 7. The Hall–Kier alpha value is -3.19. The first-order valence-corrected chi connectivity index (χ1v) is 7.32. The molecule has 0 saturated carbocycles. The van der Waals surface area contributed by atoms with Crippen molar-refractivity contribution in [2.75, 3.05) is 5.32 Å². The third-order valence-corrected chi connectivity index (χ3v) is 3.60. The van der Waals surface area contributed by atoms with Crippen molar-refractivity contribution >= 4 is 17.3 Å². The predicted octanol–water partition coefficient (Wildman–Crippen LogP) is 3.96. The van der Waals surface area contributed by atoms with Gasteiger partial charge in [-0.25, -0.2) is 17.6 Å². The van der Waals surface area contributed by atoms with E-state index in [4.69, 9.17) is 0 Å². The fourth-order valence-corrected chi connectivity index (χ4v) is 2.28. The van der Waals surface area contributed by atoms with E-state index in [-0.39, 0.29) is 6.42 Å². The number of carbonyl (C=O) groups excluding carboxylic acids is 1. The molecule has 1 aromatic heterocycles. The van der Waals surface area contributed by atoms with Gasteiger partial charge in [-0.2, -0.15) is 18.3 Å². The molecule has 0 aliphatic rings. The van der Waals surface area contributed by atoms with Crippen LogP contribution in [0.3, 0.4) is 0 Å². The molecule has 2 aromatic rings. The van der Waals surface area contributed by atoms with E-state index in [0.717, 1.165) is 17.1 Å². The number of benzene rings is 1. The van der Waals surface area contributed by atoms with E-state index in [9.17, 15) is 45.6 Å². The molecule has 0 saturated heterocycles. The Morgan fingerprint density at radius 2 is 1.75 bits per heavy atom. The smallest absolute Gasteiger partial charge is 0.319 e. The van der Waals surface area contributed by atoms with Crippen LogP contribution in [0.5, 0.6) is 0 Å². The first-order chi connectivity index (χ1) is 12.9. The van der Waals surface area contributed by atoms with Gasteiger partial charge in [-0.15, -0.1) is 0 Å².